The number of hydrogen-bond acceptors (Lipinski definition) is 3. The average molecular weight is 259 g/mol. The van der Waals surface area contributed by atoms with Gasteiger partial charge in [-0.3, -0.25) is 9.69 Å². The topological polar surface area (TPSA) is 49.6 Å². The van der Waals surface area contributed by atoms with Crippen LogP contribution in [0.25, 0.3) is 0 Å². The van der Waals surface area contributed by atoms with Gasteiger partial charge in [-0.15, -0.1) is 0 Å². The Morgan fingerprint density at radius 2 is 2.16 bits per heavy atom. The molecule has 1 atom stereocenters. The lowest BCUT2D eigenvalue weighted by molar-refractivity contribution is -0.119. The molecule has 1 aromatic rings. The van der Waals surface area contributed by atoms with Crippen LogP contribution in [-0.2, 0) is 11.2 Å². The van der Waals surface area contributed by atoms with Crippen LogP contribution in [0.5, 0.6) is 0 Å². The van der Waals surface area contributed by atoms with E-state index in [0.29, 0.717) is 6.54 Å². The molecule has 0 aliphatic carbocycles. The molecular weight excluding hydrogens is 238 g/mol. The number of anilines is 1. The Morgan fingerprint density at radius 1 is 1.32 bits per heavy atom. The monoisotopic (exact) mass is 259 g/mol. The zero-order valence-corrected chi connectivity index (χ0v) is 11.2. The molecule has 1 fully saturated rings. The van der Waals surface area contributed by atoms with E-state index in [2.05, 4.69) is 17.0 Å². The number of carbonyl (C=O) groups is 1. The van der Waals surface area contributed by atoms with Gasteiger partial charge in [-0.1, -0.05) is 18.2 Å². The molecule has 0 radical (unpaired) electrons. The summed E-state index contributed by atoms with van der Waals surface area (Å²) in [7, 11) is 0. The van der Waals surface area contributed by atoms with E-state index in [1.807, 2.05) is 17.0 Å². The first-order valence-corrected chi connectivity index (χ1v) is 7.10. The standard InChI is InChI=1S/C15H21N3O/c16-13-7-9-17(10-13)11-15(19)18-8-3-5-12-4-1-2-6-14(12)18/h1-2,4,6,13H,3,5,7-11,16H2/t13-/m1/s1. The van der Waals surface area contributed by atoms with Crippen molar-refractivity contribution < 1.29 is 4.79 Å². The Labute approximate surface area is 114 Å². The fourth-order valence-electron chi connectivity index (χ4n) is 3.08. The van der Waals surface area contributed by atoms with E-state index in [9.17, 15) is 4.79 Å². The van der Waals surface area contributed by atoms with Gasteiger partial charge in [-0.05, 0) is 30.9 Å². The molecule has 2 aliphatic rings. The highest BCUT2D eigenvalue weighted by atomic mass is 16.2. The van der Waals surface area contributed by atoms with Gasteiger partial charge in [0.15, 0.2) is 0 Å². The van der Waals surface area contributed by atoms with Crippen molar-refractivity contribution in [2.45, 2.75) is 25.3 Å². The van der Waals surface area contributed by atoms with Crippen LogP contribution in [0.15, 0.2) is 24.3 Å². The zero-order valence-electron chi connectivity index (χ0n) is 11.2. The third kappa shape index (κ3) is 2.65. The molecule has 0 bridgehead atoms. The molecule has 4 nitrogen and oxygen atoms in total. The molecule has 2 heterocycles. The van der Waals surface area contributed by atoms with Crippen molar-refractivity contribution in [3.05, 3.63) is 29.8 Å². The molecule has 0 spiro atoms. The molecule has 0 saturated carbocycles. The number of nitrogens with two attached hydrogens (primary N) is 1. The van der Waals surface area contributed by atoms with Crippen LogP contribution < -0.4 is 10.6 Å². The van der Waals surface area contributed by atoms with Crippen LogP contribution in [-0.4, -0.2) is 43.0 Å². The second kappa shape index (κ2) is 5.31. The summed E-state index contributed by atoms with van der Waals surface area (Å²) in [6.45, 7) is 3.14. The first kappa shape index (κ1) is 12.6. The van der Waals surface area contributed by atoms with Gasteiger partial charge in [0.2, 0.25) is 5.91 Å². The van der Waals surface area contributed by atoms with E-state index in [1.165, 1.54) is 5.56 Å². The Kier molecular flexibility index (Phi) is 3.53. The highest BCUT2D eigenvalue weighted by Crippen LogP contribution is 2.26. The summed E-state index contributed by atoms with van der Waals surface area (Å²) < 4.78 is 0. The maximum Gasteiger partial charge on any atom is 0.241 e. The number of hydrogen-bond donors (Lipinski definition) is 1. The molecular formula is C15H21N3O. The van der Waals surface area contributed by atoms with Gasteiger partial charge in [0.25, 0.3) is 0 Å². The van der Waals surface area contributed by atoms with E-state index in [0.717, 1.165) is 44.6 Å². The van der Waals surface area contributed by atoms with Gasteiger partial charge < -0.3 is 10.6 Å². The second-order valence-electron chi connectivity index (χ2n) is 5.56. The summed E-state index contributed by atoms with van der Waals surface area (Å²) in [5.74, 6) is 0.209. The largest absolute Gasteiger partial charge is 0.326 e. The highest BCUT2D eigenvalue weighted by molar-refractivity contribution is 5.95. The third-order valence-corrected chi connectivity index (χ3v) is 4.08. The van der Waals surface area contributed by atoms with Crippen LogP contribution in [0, 0.1) is 0 Å². The van der Waals surface area contributed by atoms with Crippen molar-refractivity contribution >= 4 is 11.6 Å². The van der Waals surface area contributed by atoms with Gasteiger partial charge in [0.05, 0.1) is 6.54 Å². The molecule has 19 heavy (non-hydrogen) atoms. The van der Waals surface area contributed by atoms with E-state index in [1.54, 1.807) is 0 Å². The number of nitrogens with zero attached hydrogens (tertiary/aromatic N) is 2. The number of benzene rings is 1. The van der Waals surface area contributed by atoms with Gasteiger partial charge >= 0.3 is 0 Å². The normalized spacial score (nSPS) is 23.4. The predicted molar refractivity (Wildman–Crippen MR) is 76.1 cm³/mol. The lowest BCUT2D eigenvalue weighted by Gasteiger charge is -2.30. The first-order chi connectivity index (χ1) is 9.24. The number of aryl methyl sites for hydroxylation is 1. The number of para-hydroxylation sites is 1. The number of rotatable bonds is 2. The van der Waals surface area contributed by atoms with Gasteiger partial charge in [-0.25, -0.2) is 0 Å². The van der Waals surface area contributed by atoms with E-state index >= 15 is 0 Å². The Morgan fingerprint density at radius 3 is 2.95 bits per heavy atom. The molecule has 0 unspecified atom stereocenters. The van der Waals surface area contributed by atoms with E-state index in [4.69, 9.17) is 5.73 Å². The molecule has 2 N–H and O–H groups in total. The van der Waals surface area contributed by atoms with Gasteiger partial charge in [-0.2, -0.15) is 0 Å². The first-order valence-electron chi connectivity index (χ1n) is 7.10. The van der Waals surface area contributed by atoms with Crippen molar-refractivity contribution in [3.63, 3.8) is 0 Å². The summed E-state index contributed by atoms with van der Waals surface area (Å²) in [5, 5.41) is 0. The summed E-state index contributed by atoms with van der Waals surface area (Å²) >= 11 is 0. The minimum Gasteiger partial charge on any atom is -0.326 e. The van der Waals surface area contributed by atoms with E-state index < -0.39 is 0 Å². The maximum atomic E-state index is 12.5. The summed E-state index contributed by atoms with van der Waals surface area (Å²) in [6.07, 6.45) is 3.14. The lowest BCUT2D eigenvalue weighted by atomic mass is 10.0. The Balaban J connectivity index is 1.71. The molecule has 0 aromatic heterocycles. The molecule has 102 valence electrons. The SMILES string of the molecule is N[C@@H]1CCN(CC(=O)N2CCCc3ccccc32)C1. The summed E-state index contributed by atoms with van der Waals surface area (Å²) in [6, 6.07) is 8.48. The van der Waals surface area contributed by atoms with Crippen LogP contribution >= 0.6 is 0 Å². The van der Waals surface area contributed by atoms with Crippen LogP contribution in [0.4, 0.5) is 5.69 Å². The molecule has 3 rings (SSSR count). The molecule has 1 aromatic carbocycles. The van der Waals surface area contributed by atoms with Gasteiger partial charge in [0.1, 0.15) is 0 Å². The van der Waals surface area contributed by atoms with Crippen molar-refractivity contribution in [3.8, 4) is 0 Å². The van der Waals surface area contributed by atoms with Crippen molar-refractivity contribution in [1.82, 2.24) is 4.90 Å². The lowest BCUT2D eigenvalue weighted by Crippen LogP contribution is -2.42. The van der Waals surface area contributed by atoms with Gasteiger partial charge in [0, 0.05) is 31.4 Å². The quantitative estimate of drug-likeness (QED) is 0.862. The second-order valence-corrected chi connectivity index (χ2v) is 5.56. The molecule has 4 heteroatoms. The number of amides is 1. The average Bonchev–Trinajstić information content (AvgIpc) is 2.83. The predicted octanol–water partition coefficient (Wildman–Crippen LogP) is 0.999. The minimum atomic E-state index is 0.209. The number of likely N-dealkylation sites (tertiary alicyclic amines) is 1. The Bertz CT molecular complexity index is 474. The molecule has 2 aliphatic heterocycles. The summed E-state index contributed by atoms with van der Waals surface area (Å²) in [5.41, 5.74) is 8.28. The molecule has 1 saturated heterocycles. The minimum absolute atomic E-state index is 0.209. The fourth-order valence-corrected chi connectivity index (χ4v) is 3.08. The number of carbonyl (C=O) groups excluding carboxylic acids is 1. The van der Waals surface area contributed by atoms with Crippen LogP contribution in [0.3, 0.4) is 0 Å². The van der Waals surface area contributed by atoms with Crippen LogP contribution in [0.1, 0.15) is 18.4 Å². The summed E-state index contributed by atoms with van der Waals surface area (Å²) in [4.78, 5) is 16.6. The van der Waals surface area contributed by atoms with Crippen molar-refractivity contribution in [2.75, 3.05) is 31.1 Å². The maximum absolute atomic E-state index is 12.5. The van der Waals surface area contributed by atoms with Crippen LogP contribution in [0.2, 0.25) is 0 Å². The van der Waals surface area contributed by atoms with Crippen molar-refractivity contribution in [2.24, 2.45) is 5.73 Å². The Hall–Kier alpha value is -1.39. The molecule has 1 amide bonds. The fraction of sp³-hybridized carbons (Fsp3) is 0.533. The van der Waals surface area contributed by atoms with Crippen molar-refractivity contribution in [1.29, 1.82) is 0 Å². The smallest absolute Gasteiger partial charge is 0.241 e. The highest BCUT2D eigenvalue weighted by Gasteiger charge is 2.26. The zero-order chi connectivity index (χ0) is 13.2. The van der Waals surface area contributed by atoms with E-state index in [-0.39, 0.29) is 11.9 Å². The number of fused-ring (bicyclic) bond motifs is 1. The third-order valence-electron chi connectivity index (χ3n) is 4.08.